The summed E-state index contributed by atoms with van der Waals surface area (Å²) in [5.74, 6) is -3.83. The summed E-state index contributed by atoms with van der Waals surface area (Å²) in [4.78, 5) is 17.7. The van der Waals surface area contributed by atoms with Gasteiger partial charge in [0.1, 0.15) is 5.76 Å². The van der Waals surface area contributed by atoms with Gasteiger partial charge in [-0.25, -0.2) is 8.78 Å². The first-order valence-electron chi connectivity index (χ1n) is 8.03. The number of halogens is 2. The summed E-state index contributed by atoms with van der Waals surface area (Å²) in [6.07, 6.45) is 2.87. The number of ether oxygens (including phenoxy) is 1. The summed E-state index contributed by atoms with van der Waals surface area (Å²) in [6, 6.07) is 5.08. The Hall–Kier alpha value is -2.35. The number of piperidine rings is 1. The number of aryl methyl sites for hydroxylation is 1. The van der Waals surface area contributed by atoms with Crippen molar-refractivity contribution in [2.45, 2.75) is 25.9 Å². The molecule has 1 aliphatic heterocycles. The molecule has 1 saturated heterocycles. The van der Waals surface area contributed by atoms with Crippen molar-refractivity contribution in [3.8, 4) is 0 Å². The molecule has 0 bridgehead atoms. The minimum atomic E-state index is -2.87. The molecule has 2 aromatic rings. The lowest BCUT2D eigenvalue weighted by Crippen LogP contribution is -2.50. The Morgan fingerprint density at radius 1 is 1.52 bits per heavy atom. The van der Waals surface area contributed by atoms with Gasteiger partial charge in [0.25, 0.3) is 11.8 Å². The predicted molar refractivity (Wildman–Crippen MR) is 84.1 cm³/mol. The molecule has 3 rings (SSSR count). The lowest BCUT2D eigenvalue weighted by atomic mass is 9.94. The van der Waals surface area contributed by atoms with Gasteiger partial charge in [-0.15, -0.1) is 0 Å². The molecule has 1 atom stereocenters. The largest absolute Gasteiger partial charge is 0.376 e. The Morgan fingerprint density at radius 2 is 2.36 bits per heavy atom. The van der Waals surface area contributed by atoms with Gasteiger partial charge in [-0.1, -0.05) is 11.2 Å². The van der Waals surface area contributed by atoms with E-state index < -0.39 is 24.2 Å². The van der Waals surface area contributed by atoms with Crippen LogP contribution >= 0.6 is 0 Å². The number of likely N-dealkylation sites (tertiary alicyclic amines) is 1. The van der Waals surface area contributed by atoms with Crippen molar-refractivity contribution in [2.24, 2.45) is 5.92 Å². The van der Waals surface area contributed by atoms with Crippen LogP contribution in [0.1, 0.15) is 28.2 Å². The van der Waals surface area contributed by atoms with Crippen molar-refractivity contribution in [3.63, 3.8) is 0 Å². The van der Waals surface area contributed by atoms with Crippen molar-refractivity contribution in [3.05, 3.63) is 47.6 Å². The van der Waals surface area contributed by atoms with Gasteiger partial charge >= 0.3 is 0 Å². The monoisotopic (exact) mass is 351 g/mol. The lowest BCUT2D eigenvalue weighted by Gasteiger charge is -2.37. The lowest BCUT2D eigenvalue weighted by molar-refractivity contribution is -0.124. The van der Waals surface area contributed by atoms with E-state index in [1.807, 2.05) is 6.07 Å². The zero-order chi connectivity index (χ0) is 17.9. The van der Waals surface area contributed by atoms with Crippen LogP contribution in [-0.2, 0) is 11.3 Å². The molecule has 6 nitrogen and oxygen atoms in total. The zero-order valence-corrected chi connectivity index (χ0v) is 13.8. The minimum Gasteiger partial charge on any atom is -0.376 e. The smallest absolute Gasteiger partial charge is 0.276 e. The fraction of sp³-hybridized carbons (Fsp3) is 0.471. The molecule has 0 spiro atoms. The summed E-state index contributed by atoms with van der Waals surface area (Å²) in [6.45, 7) is 1.64. The summed E-state index contributed by atoms with van der Waals surface area (Å²) >= 11 is 0. The highest BCUT2D eigenvalue weighted by atomic mass is 19.3. The summed E-state index contributed by atoms with van der Waals surface area (Å²) in [5.41, 5.74) is 0.949. The van der Waals surface area contributed by atoms with E-state index >= 15 is 0 Å². The molecular formula is C17H19F2N3O3. The predicted octanol–water partition coefficient (Wildman–Crippen LogP) is 2.69. The van der Waals surface area contributed by atoms with E-state index in [9.17, 15) is 13.6 Å². The molecule has 8 heteroatoms. The van der Waals surface area contributed by atoms with Crippen LogP contribution in [0.15, 0.2) is 35.1 Å². The number of alkyl halides is 2. The molecule has 0 saturated carbocycles. The number of amides is 1. The Kier molecular flexibility index (Phi) is 5.08. The average Bonchev–Trinajstić information content (AvgIpc) is 3.03. The van der Waals surface area contributed by atoms with E-state index in [-0.39, 0.29) is 32.0 Å². The molecule has 25 heavy (non-hydrogen) atoms. The van der Waals surface area contributed by atoms with E-state index in [4.69, 9.17) is 9.26 Å². The number of carbonyl (C=O) groups is 1. The van der Waals surface area contributed by atoms with Crippen LogP contribution in [0, 0.1) is 12.8 Å². The Bertz CT molecular complexity index is 721. The normalized spacial score (nSPS) is 19.8. The second kappa shape index (κ2) is 7.26. The summed E-state index contributed by atoms with van der Waals surface area (Å²) in [5, 5.41) is 3.66. The standard InChI is InChI=1S/C17H19F2N3O3/c1-12-7-15(21-25-12)16(23)22-6-4-17(18,19)14(9-22)11-24-10-13-3-2-5-20-8-13/h2-3,5,7-8,14H,4,6,9-11H2,1H3/t14-/m0/s1. The number of hydrogen-bond donors (Lipinski definition) is 0. The number of carbonyl (C=O) groups excluding carboxylic acids is 1. The maximum atomic E-state index is 14.2. The van der Waals surface area contributed by atoms with Gasteiger partial charge in [-0.2, -0.15) is 0 Å². The Morgan fingerprint density at radius 3 is 3.04 bits per heavy atom. The van der Waals surface area contributed by atoms with Crippen LogP contribution in [0.25, 0.3) is 0 Å². The Balaban J connectivity index is 1.60. The third-order valence-corrected chi connectivity index (χ3v) is 4.20. The molecule has 0 aliphatic carbocycles. The van der Waals surface area contributed by atoms with Crippen LogP contribution in [0.5, 0.6) is 0 Å². The van der Waals surface area contributed by atoms with Gasteiger partial charge in [0.15, 0.2) is 5.69 Å². The Labute approximate surface area is 143 Å². The highest BCUT2D eigenvalue weighted by molar-refractivity contribution is 5.92. The van der Waals surface area contributed by atoms with Crippen molar-refractivity contribution in [1.29, 1.82) is 0 Å². The molecule has 0 unspecified atom stereocenters. The summed E-state index contributed by atoms with van der Waals surface area (Å²) in [7, 11) is 0. The van der Waals surface area contributed by atoms with Crippen LogP contribution in [0.4, 0.5) is 8.78 Å². The number of nitrogens with zero attached hydrogens (tertiary/aromatic N) is 3. The van der Waals surface area contributed by atoms with E-state index in [0.29, 0.717) is 5.76 Å². The molecule has 0 radical (unpaired) electrons. The second-order valence-electron chi connectivity index (χ2n) is 6.16. The van der Waals surface area contributed by atoms with E-state index in [1.165, 1.54) is 11.0 Å². The first-order chi connectivity index (χ1) is 12.0. The third-order valence-electron chi connectivity index (χ3n) is 4.20. The van der Waals surface area contributed by atoms with Gasteiger partial charge in [0, 0.05) is 38.0 Å². The van der Waals surface area contributed by atoms with Gasteiger partial charge in [0.05, 0.1) is 19.1 Å². The highest BCUT2D eigenvalue weighted by Gasteiger charge is 2.45. The fourth-order valence-corrected chi connectivity index (χ4v) is 2.77. The maximum Gasteiger partial charge on any atom is 0.276 e. The minimum absolute atomic E-state index is 0.0170. The van der Waals surface area contributed by atoms with Crippen molar-refractivity contribution in [2.75, 3.05) is 19.7 Å². The average molecular weight is 351 g/mol. The van der Waals surface area contributed by atoms with Gasteiger partial charge in [0.2, 0.25) is 0 Å². The van der Waals surface area contributed by atoms with Crippen molar-refractivity contribution < 1.29 is 22.8 Å². The van der Waals surface area contributed by atoms with Crippen LogP contribution < -0.4 is 0 Å². The van der Waals surface area contributed by atoms with Gasteiger partial charge in [-0.3, -0.25) is 9.78 Å². The van der Waals surface area contributed by atoms with Crippen LogP contribution in [0.3, 0.4) is 0 Å². The summed E-state index contributed by atoms with van der Waals surface area (Å²) < 4.78 is 38.7. The third kappa shape index (κ3) is 4.19. The number of pyridine rings is 1. The quantitative estimate of drug-likeness (QED) is 0.828. The molecule has 1 fully saturated rings. The second-order valence-corrected chi connectivity index (χ2v) is 6.16. The molecule has 3 heterocycles. The zero-order valence-electron chi connectivity index (χ0n) is 13.8. The molecular weight excluding hydrogens is 332 g/mol. The van der Waals surface area contributed by atoms with Crippen molar-refractivity contribution in [1.82, 2.24) is 15.0 Å². The SMILES string of the molecule is Cc1cc(C(=O)N2CCC(F)(F)[C@H](COCc3cccnc3)C2)no1. The maximum absolute atomic E-state index is 14.2. The molecule has 1 amide bonds. The first-order valence-corrected chi connectivity index (χ1v) is 8.03. The molecule has 0 N–H and O–H groups in total. The fourth-order valence-electron chi connectivity index (χ4n) is 2.77. The van der Waals surface area contributed by atoms with E-state index in [2.05, 4.69) is 10.1 Å². The molecule has 0 aromatic carbocycles. The topological polar surface area (TPSA) is 68.5 Å². The highest BCUT2D eigenvalue weighted by Crippen LogP contribution is 2.34. The number of aromatic nitrogens is 2. The van der Waals surface area contributed by atoms with E-state index in [1.54, 1.807) is 25.4 Å². The van der Waals surface area contributed by atoms with Crippen LogP contribution in [0.2, 0.25) is 0 Å². The molecule has 134 valence electrons. The van der Waals surface area contributed by atoms with E-state index in [0.717, 1.165) is 5.56 Å². The van der Waals surface area contributed by atoms with Crippen LogP contribution in [-0.4, -0.2) is 46.6 Å². The van der Waals surface area contributed by atoms with Gasteiger partial charge < -0.3 is 14.2 Å². The first kappa shape index (κ1) is 17.5. The van der Waals surface area contributed by atoms with Crippen molar-refractivity contribution >= 4 is 5.91 Å². The molecule has 2 aromatic heterocycles. The molecule has 1 aliphatic rings. The van der Waals surface area contributed by atoms with Gasteiger partial charge in [-0.05, 0) is 18.6 Å². The number of hydrogen-bond acceptors (Lipinski definition) is 5. The number of rotatable bonds is 5.